The SMILES string of the molecule is CCc1ccc(-c2cc(-c3ccccc3OC)c(C#N)c(N)n2)cc1. The number of para-hydroxylation sites is 1. The number of nitriles is 1. The fourth-order valence-electron chi connectivity index (χ4n) is 2.82. The van der Waals surface area contributed by atoms with Crippen LogP contribution in [-0.2, 0) is 6.42 Å². The zero-order valence-corrected chi connectivity index (χ0v) is 14.3. The van der Waals surface area contributed by atoms with Crippen LogP contribution >= 0.6 is 0 Å². The van der Waals surface area contributed by atoms with E-state index in [9.17, 15) is 5.26 Å². The molecule has 0 bridgehead atoms. The van der Waals surface area contributed by atoms with Crippen LogP contribution in [0.2, 0.25) is 0 Å². The van der Waals surface area contributed by atoms with E-state index in [0.29, 0.717) is 11.3 Å². The quantitative estimate of drug-likeness (QED) is 0.768. The molecule has 3 aromatic rings. The summed E-state index contributed by atoms with van der Waals surface area (Å²) >= 11 is 0. The minimum Gasteiger partial charge on any atom is -0.496 e. The molecular formula is C21H19N3O. The summed E-state index contributed by atoms with van der Waals surface area (Å²) in [6, 6.07) is 19.9. The number of aromatic nitrogens is 1. The maximum Gasteiger partial charge on any atom is 0.142 e. The number of hydrogen-bond donors (Lipinski definition) is 1. The summed E-state index contributed by atoms with van der Waals surface area (Å²) < 4.78 is 5.44. The molecule has 2 aromatic carbocycles. The van der Waals surface area contributed by atoms with Crippen molar-refractivity contribution in [3.05, 3.63) is 65.7 Å². The molecule has 0 unspecified atom stereocenters. The van der Waals surface area contributed by atoms with Gasteiger partial charge in [0.25, 0.3) is 0 Å². The topological polar surface area (TPSA) is 71.9 Å². The zero-order chi connectivity index (χ0) is 17.8. The van der Waals surface area contributed by atoms with Crippen molar-refractivity contribution in [2.24, 2.45) is 0 Å². The van der Waals surface area contributed by atoms with Gasteiger partial charge in [-0.05, 0) is 24.1 Å². The van der Waals surface area contributed by atoms with Gasteiger partial charge >= 0.3 is 0 Å². The summed E-state index contributed by atoms with van der Waals surface area (Å²) in [6.45, 7) is 2.12. The van der Waals surface area contributed by atoms with Gasteiger partial charge in [0, 0.05) is 16.7 Å². The molecule has 124 valence electrons. The van der Waals surface area contributed by atoms with Crippen molar-refractivity contribution in [1.29, 1.82) is 5.26 Å². The number of aryl methyl sites for hydroxylation is 1. The fraction of sp³-hybridized carbons (Fsp3) is 0.143. The number of pyridine rings is 1. The average molecular weight is 329 g/mol. The number of methoxy groups -OCH3 is 1. The molecule has 0 radical (unpaired) electrons. The van der Waals surface area contributed by atoms with Gasteiger partial charge in [0.15, 0.2) is 0 Å². The van der Waals surface area contributed by atoms with Crippen LogP contribution in [0.25, 0.3) is 22.4 Å². The number of ether oxygens (including phenoxy) is 1. The van der Waals surface area contributed by atoms with Gasteiger partial charge in [0.2, 0.25) is 0 Å². The van der Waals surface area contributed by atoms with Crippen molar-refractivity contribution in [1.82, 2.24) is 4.98 Å². The second kappa shape index (κ2) is 7.06. The van der Waals surface area contributed by atoms with E-state index >= 15 is 0 Å². The lowest BCUT2D eigenvalue weighted by Crippen LogP contribution is -2.00. The molecule has 0 saturated heterocycles. The minimum absolute atomic E-state index is 0.223. The Morgan fingerprint density at radius 3 is 2.44 bits per heavy atom. The Bertz CT molecular complexity index is 940. The van der Waals surface area contributed by atoms with Gasteiger partial charge in [0.1, 0.15) is 23.2 Å². The molecular weight excluding hydrogens is 310 g/mol. The Kier molecular flexibility index (Phi) is 4.67. The van der Waals surface area contributed by atoms with E-state index in [1.165, 1.54) is 5.56 Å². The molecule has 4 heteroatoms. The van der Waals surface area contributed by atoms with E-state index in [2.05, 4.69) is 30.1 Å². The highest BCUT2D eigenvalue weighted by Crippen LogP contribution is 2.36. The molecule has 3 rings (SSSR count). The second-order valence-corrected chi connectivity index (χ2v) is 5.68. The highest BCUT2D eigenvalue weighted by atomic mass is 16.5. The zero-order valence-electron chi connectivity index (χ0n) is 14.3. The number of rotatable bonds is 4. The van der Waals surface area contributed by atoms with E-state index in [1.54, 1.807) is 7.11 Å². The molecule has 0 fully saturated rings. The van der Waals surface area contributed by atoms with Crippen LogP contribution < -0.4 is 10.5 Å². The third-order valence-corrected chi connectivity index (χ3v) is 4.21. The Hall–Kier alpha value is -3.32. The summed E-state index contributed by atoms with van der Waals surface area (Å²) in [4.78, 5) is 4.43. The number of hydrogen-bond acceptors (Lipinski definition) is 4. The molecule has 0 saturated carbocycles. The van der Waals surface area contributed by atoms with Gasteiger partial charge in [-0.15, -0.1) is 0 Å². The number of nitrogens with zero attached hydrogens (tertiary/aromatic N) is 2. The predicted octanol–water partition coefficient (Wildman–Crippen LogP) is 4.44. The molecule has 0 atom stereocenters. The first kappa shape index (κ1) is 16.5. The van der Waals surface area contributed by atoms with Crippen molar-refractivity contribution >= 4 is 5.82 Å². The van der Waals surface area contributed by atoms with Crippen molar-refractivity contribution in [3.63, 3.8) is 0 Å². The van der Waals surface area contributed by atoms with Gasteiger partial charge in [-0.1, -0.05) is 49.4 Å². The van der Waals surface area contributed by atoms with Crippen LogP contribution in [0, 0.1) is 11.3 Å². The summed E-state index contributed by atoms with van der Waals surface area (Å²) in [5.74, 6) is 0.914. The summed E-state index contributed by atoms with van der Waals surface area (Å²) in [5, 5.41) is 9.54. The highest BCUT2D eigenvalue weighted by Gasteiger charge is 2.16. The molecule has 0 aliphatic rings. The Labute approximate surface area is 147 Å². The fourth-order valence-corrected chi connectivity index (χ4v) is 2.82. The molecule has 2 N–H and O–H groups in total. The molecule has 1 heterocycles. The van der Waals surface area contributed by atoms with Crippen LogP contribution in [0.15, 0.2) is 54.6 Å². The standard InChI is InChI=1S/C21H19N3O/c1-3-14-8-10-15(11-9-14)19-12-17(18(13-22)21(23)24-19)16-6-4-5-7-20(16)25-2/h4-12H,3H2,1-2H3,(H2,23,24). The molecule has 0 aliphatic heterocycles. The maximum absolute atomic E-state index is 9.54. The molecule has 0 amide bonds. The molecule has 1 aromatic heterocycles. The Morgan fingerprint density at radius 2 is 1.80 bits per heavy atom. The summed E-state index contributed by atoms with van der Waals surface area (Å²) in [6.07, 6.45) is 0.982. The maximum atomic E-state index is 9.54. The van der Waals surface area contributed by atoms with Crippen molar-refractivity contribution in [2.75, 3.05) is 12.8 Å². The van der Waals surface area contributed by atoms with Crippen molar-refractivity contribution in [3.8, 4) is 34.2 Å². The number of nitrogens with two attached hydrogens (primary N) is 1. The van der Waals surface area contributed by atoms with E-state index < -0.39 is 0 Å². The predicted molar refractivity (Wildman–Crippen MR) is 100 cm³/mol. The van der Waals surface area contributed by atoms with E-state index in [4.69, 9.17) is 10.5 Å². The normalized spacial score (nSPS) is 10.3. The van der Waals surface area contributed by atoms with E-state index in [1.807, 2.05) is 42.5 Å². The van der Waals surface area contributed by atoms with Gasteiger partial charge in [-0.3, -0.25) is 0 Å². The minimum atomic E-state index is 0.223. The van der Waals surface area contributed by atoms with Crippen LogP contribution in [0.3, 0.4) is 0 Å². The molecule has 4 nitrogen and oxygen atoms in total. The van der Waals surface area contributed by atoms with Crippen LogP contribution in [-0.4, -0.2) is 12.1 Å². The first-order chi connectivity index (χ1) is 12.2. The van der Waals surface area contributed by atoms with Gasteiger partial charge in [-0.2, -0.15) is 5.26 Å². The largest absolute Gasteiger partial charge is 0.496 e. The second-order valence-electron chi connectivity index (χ2n) is 5.68. The molecule has 0 spiro atoms. The lowest BCUT2D eigenvalue weighted by atomic mass is 9.97. The van der Waals surface area contributed by atoms with E-state index in [0.717, 1.165) is 28.8 Å². The van der Waals surface area contributed by atoms with Crippen LogP contribution in [0.1, 0.15) is 18.1 Å². The third kappa shape index (κ3) is 3.17. The molecule has 0 aliphatic carbocycles. The van der Waals surface area contributed by atoms with E-state index in [-0.39, 0.29) is 5.82 Å². The third-order valence-electron chi connectivity index (χ3n) is 4.21. The lowest BCUT2D eigenvalue weighted by molar-refractivity contribution is 0.416. The summed E-state index contributed by atoms with van der Waals surface area (Å²) in [5.41, 5.74) is 10.9. The monoisotopic (exact) mass is 329 g/mol. The van der Waals surface area contributed by atoms with Crippen LogP contribution in [0.5, 0.6) is 5.75 Å². The summed E-state index contributed by atoms with van der Waals surface area (Å²) in [7, 11) is 1.61. The lowest BCUT2D eigenvalue weighted by Gasteiger charge is -2.13. The van der Waals surface area contributed by atoms with Gasteiger partial charge in [0.05, 0.1) is 12.8 Å². The number of benzene rings is 2. The number of nitrogen functional groups attached to an aromatic ring is 1. The Balaban J connectivity index is 2.21. The van der Waals surface area contributed by atoms with Crippen molar-refractivity contribution < 1.29 is 4.74 Å². The first-order valence-electron chi connectivity index (χ1n) is 8.11. The smallest absolute Gasteiger partial charge is 0.142 e. The molecule has 25 heavy (non-hydrogen) atoms. The van der Waals surface area contributed by atoms with Gasteiger partial charge < -0.3 is 10.5 Å². The van der Waals surface area contributed by atoms with Crippen LogP contribution in [0.4, 0.5) is 5.82 Å². The number of anilines is 1. The highest BCUT2D eigenvalue weighted by molar-refractivity contribution is 5.83. The average Bonchev–Trinajstić information content (AvgIpc) is 2.67. The first-order valence-corrected chi connectivity index (χ1v) is 8.11. The Morgan fingerprint density at radius 1 is 1.08 bits per heavy atom. The van der Waals surface area contributed by atoms with Gasteiger partial charge in [-0.25, -0.2) is 4.98 Å². The van der Waals surface area contributed by atoms with Crippen molar-refractivity contribution in [2.45, 2.75) is 13.3 Å².